The molecule has 1 aliphatic heterocycles. The average Bonchev–Trinajstić information content (AvgIpc) is 2.08. The summed E-state index contributed by atoms with van der Waals surface area (Å²) in [7, 11) is 0. The summed E-state index contributed by atoms with van der Waals surface area (Å²) in [6.07, 6.45) is -4.85. The summed E-state index contributed by atoms with van der Waals surface area (Å²) < 4.78 is 4.70. The maximum Gasteiger partial charge on any atom is 0.173 e. The molecule has 12 heavy (non-hydrogen) atoms. The minimum atomic E-state index is -1.35. The van der Waals surface area contributed by atoms with Gasteiger partial charge >= 0.3 is 0 Å². The molecule has 1 rings (SSSR count). The van der Waals surface area contributed by atoms with Crippen LogP contribution in [0.15, 0.2) is 0 Å². The molecule has 6 N–H and O–H groups in total. The zero-order valence-electron chi connectivity index (χ0n) is 6.37. The lowest BCUT2D eigenvalue weighted by molar-refractivity contribution is -0.248. The van der Waals surface area contributed by atoms with Crippen molar-refractivity contribution in [2.24, 2.45) is 5.73 Å². The highest BCUT2D eigenvalue weighted by Gasteiger charge is 2.41. The molecule has 0 bridgehead atoms. The lowest BCUT2D eigenvalue weighted by atomic mass is 9.98. The van der Waals surface area contributed by atoms with E-state index in [2.05, 4.69) is 0 Å². The van der Waals surface area contributed by atoms with E-state index in [0.717, 1.165) is 0 Å². The highest BCUT2D eigenvalue weighted by atomic mass is 16.6. The summed E-state index contributed by atoms with van der Waals surface area (Å²) in [5, 5.41) is 36.1. The van der Waals surface area contributed by atoms with Gasteiger partial charge < -0.3 is 30.9 Å². The maximum absolute atomic E-state index is 9.20. The van der Waals surface area contributed by atoms with Crippen LogP contribution in [0.25, 0.3) is 0 Å². The van der Waals surface area contributed by atoms with Crippen molar-refractivity contribution in [3.8, 4) is 0 Å². The molecule has 2 unspecified atom stereocenters. The Morgan fingerprint density at radius 3 is 2.25 bits per heavy atom. The van der Waals surface area contributed by atoms with Crippen LogP contribution in [-0.4, -0.2) is 57.7 Å². The second kappa shape index (κ2) is 3.65. The predicted octanol–water partition coefficient (Wildman–Crippen LogP) is -3.26. The molecule has 0 saturated carbocycles. The second-order valence-corrected chi connectivity index (χ2v) is 2.81. The molecule has 1 heterocycles. The first-order chi connectivity index (χ1) is 5.57. The maximum atomic E-state index is 9.20. The van der Waals surface area contributed by atoms with Crippen molar-refractivity contribution in [1.82, 2.24) is 0 Å². The molecule has 72 valence electrons. The Morgan fingerprint density at radius 1 is 1.17 bits per heavy atom. The van der Waals surface area contributed by atoms with E-state index in [1.54, 1.807) is 0 Å². The van der Waals surface area contributed by atoms with E-state index >= 15 is 0 Å². The van der Waals surface area contributed by atoms with Crippen molar-refractivity contribution in [2.45, 2.75) is 30.6 Å². The van der Waals surface area contributed by atoms with Crippen LogP contribution >= 0.6 is 0 Å². The normalized spacial score (nSPS) is 49.2. The topological polar surface area (TPSA) is 116 Å². The summed E-state index contributed by atoms with van der Waals surface area (Å²) in [6.45, 7) is -0.470. The first-order valence-electron chi connectivity index (χ1n) is 3.64. The molecule has 0 spiro atoms. The molecule has 6 nitrogen and oxygen atoms in total. The molecular formula is C6H13NO5. The van der Waals surface area contributed by atoms with Crippen molar-refractivity contribution in [3.63, 3.8) is 0 Å². The van der Waals surface area contributed by atoms with Gasteiger partial charge in [-0.05, 0) is 0 Å². The third-order valence-corrected chi connectivity index (χ3v) is 1.95. The van der Waals surface area contributed by atoms with Gasteiger partial charge in [0.25, 0.3) is 0 Å². The monoisotopic (exact) mass is 179 g/mol. The van der Waals surface area contributed by atoms with E-state index < -0.39 is 37.3 Å². The Balaban J connectivity index is 2.63. The zero-order chi connectivity index (χ0) is 9.30. The van der Waals surface area contributed by atoms with E-state index in [1.165, 1.54) is 0 Å². The molecule has 0 aliphatic carbocycles. The van der Waals surface area contributed by atoms with Crippen molar-refractivity contribution < 1.29 is 25.2 Å². The van der Waals surface area contributed by atoms with Crippen molar-refractivity contribution in [2.75, 3.05) is 6.61 Å². The number of hydrogen-bond acceptors (Lipinski definition) is 6. The van der Waals surface area contributed by atoms with Crippen molar-refractivity contribution in [1.29, 1.82) is 0 Å². The SMILES string of the molecule is N[C@H]1C(O)[C@H](O)C(CO)O[C@@H]1O. The standard InChI is InChI=1S/C6H13NO5/c7-3-5(10)4(9)2(1-8)12-6(3)11/h2-6,8-11H,1,7H2/t2?,3-,4+,5?,6-/m0/s1. The molecule has 6 heteroatoms. The zero-order valence-corrected chi connectivity index (χ0v) is 6.37. The highest BCUT2D eigenvalue weighted by Crippen LogP contribution is 2.17. The second-order valence-electron chi connectivity index (χ2n) is 2.81. The van der Waals surface area contributed by atoms with Crippen LogP contribution in [0.3, 0.4) is 0 Å². The lowest BCUT2D eigenvalue weighted by Crippen LogP contribution is -2.61. The van der Waals surface area contributed by atoms with Crippen LogP contribution in [-0.2, 0) is 4.74 Å². The summed E-state index contributed by atoms with van der Waals surface area (Å²) in [5.74, 6) is 0. The number of aliphatic hydroxyl groups is 4. The summed E-state index contributed by atoms with van der Waals surface area (Å²) in [6, 6.07) is -1.04. The van der Waals surface area contributed by atoms with E-state index in [4.69, 9.17) is 20.7 Å². The number of hydrogen-bond donors (Lipinski definition) is 5. The van der Waals surface area contributed by atoms with Gasteiger partial charge in [-0.15, -0.1) is 0 Å². The molecule has 1 aliphatic rings. The largest absolute Gasteiger partial charge is 0.394 e. The summed E-state index contributed by atoms with van der Waals surface area (Å²) >= 11 is 0. The van der Waals surface area contributed by atoms with Gasteiger partial charge in [-0.2, -0.15) is 0 Å². The van der Waals surface area contributed by atoms with Crippen LogP contribution < -0.4 is 5.73 Å². The quantitative estimate of drug-likeness (QED) is 0.288. The fraction of sp³-hybridized carbons (Fsp3) is 1.00. The van der Waals surface area contributed by atoms with Crippen LogP contribution in [0, 0.1) is 0 Å². The highest BCUT2D eigenvalue weighted by molar-refractivity contribution is 4.90. The number of ether oxygens (including phenoxy) is 1. The Bertz CT molecular complexity index is 150. The van der Waals surface area contributed by atoms with Gasteiger partial charge in [0, 0.05) is 0 Å². The van der Waals surface area contributed by atoms with Gasteiger partial charge in [0.05, 0.1) is 12.6 Å². The number of rotatable bonds is 1. The van der Waals surface area contributed by atoms with E-state index in [9.17, 15) is 10.2 Å². The van der Waals surface area contributed by atoms with Crippen molar-refractivity contribution >= 4 is 0 Å². The first-order valence-corrected chi connectivity index (χ1v) is 3.64. The molecule has 0 amide bonds. The minimum Gasteiger partial charge on any atom is -0.394 e. The Hall–Kier alpha value is -0.240. The van der Waals surface area contributed by atoms with Gasteiger partial charge in [-0.25, -0.2) is 0 Å². The van der Waals surface area contributed by atoms with E-state index in [0.29, 0.717) is 0 Å². The Labute approximate surface area is 69.2 Å². The van der Waals surface area contributed by atoms with Gasteiger partial charge in [0.15, 0.2) is 6.29 Å². The number of nitrogens with two attached hydrogens (primary N) is 1. The number of aliphatic hydroxyl groups excluding tert-OH is 4. The van der Waals surface area contributed by atoms with Crippen molar-refractivity contribution in [3.05, 3.63) is 0 Å². The smallest absolute Gasteiger partial charge is 0.173 e. The Morgan fingerprint density at radius 2 is 1.75 bits per heavy atom. The first kappa shape index (κ1) is 9.85. The molecular weight excluding hydrogens is 166 g/mol. The third kappa shape index (κ3) is 1.58. The average molecular weight is 179 g/mol. The summed E-state index contributed by atoms with van der Waals surface area (Å²) in [5.41, 5.74) is 5.26. The molecule has 1 fully saturated rings. The fourth-order valence-electron chi connectivity index (χ4n) is 1.12. The Kier molecular flexibility index (Phi) is 2.99. The molecule has 0 aromatic heterocycles. The predicted molar refractivity (Wildman–Crippen MR) is 38.0 cm³/mol. The third-order valence-electron chi connectivity index (χ3n) is 1.95. The van der Waals surface area contributed by atoms with Crippen LogP contribution in [0.4, 0.5) is 0 Å². The molecule has 1 saturated heterocycles. The van der Waals surface area contributed by atoms with Gasteiger partial charge in [0.2, 0.25) is 0 Å². The van der Waals surface area contributed by atoms with E-state index in [1.807, 2.05) is 0 Å². The van der Waals surface area contributed by atoms with Gasteiger partial charge in [-0.1, -0.05) is 0 Å². The van der Waals surface area contributed by atoms with Gasteiger partial charge in [0.1, 0.15) is 18.3 Å². The fourth-order valence-corrected chi connectivity index (χ4v) is 1.12. The lowest BCUT2D eigenvalue weighted by Gasteiger charge is -2.38. The minimum absolute atomic E-state index is 0.470. The summed E-state index contributed by atoms with van der Waals surface area (Å²) in [4.78, 5) is 0. The molecule has 0 aromatic rings. The molecule has 0 radical (unpaired) electrons. The van der Waals surface area contributed by atoms with E-state index in [-0.39, 0.29) is 0 Å². The van der Waals surface area contributed by atoms with Gasteiger partial charge in [-0.3, -0.25) is 0 Å². The van der Waals surface area contributed by atoms with Crippen LogP contribution in [0.5, 0.6) is 0 Å². The molecule has 0 aromatic carbocycles. The van der Waals surface area contributed by atoms with Crippen LogP contribution in [0.2, 0.25) is 0 Å². The molecule has 5 atom stereocenters. The van der Waals surface area contributed by atoms with Crippen LogP contribution in [0.1, 0.15) is 0 Å².